The number of rotatable bonds is 5. The van der Waals surface area contributed by atoms with Crippen LogP contribution in [0.4, 0.5) is 25.0 Å². The predicted molar refractivity (Wildman–Crippen MR) is 106 cm³/mol. The Morgan fingerprint density at radius 1 is 1.00 bits per heavy atom. The molecule has 0 saturated carbocycles. The molecule has 3 amide bonds. The second kappa shape index (κ2) is 9.82. The number of amides is 3. The molecule has 1 fully saturated rings. The van der Waals surface area contributed by atoms with Crippen molar-refractivity contribution in [2.75, 3.05) is 30.3 Å². The van der Waals surface area contributed by atoms with Gasteiger partial charge in [0.2, 0.25) is 0 Å². The van der Waals surface area contributed by atoms with E-state index in [2.05, 4.69) is 10.6 Å². The number of nitrogens with zero attached hydrogens (tertiary/aromatic N) is 1. The van der Waals surface area contributed by atoms with Gasteiger partial charge in [0.05, 0.1) is 11.6 Å². The molecule has 3 rings (SSSR count). The van der Waals surface area contributed by atoms with E-state index in [0.29, 0.717) is 31.6 Å². The molecule has 1 heterocycles. The molecule has 1 aliphatic rings. The van der Waals surface area contributed by atoms with Crippen LogP contribution in [0.3, 0.4) is 0 Å². The topological polar surface area (TPSA) is 87.7 Å². The van der Waals surface area contributed by atoms with Gasteiger partial charge in [-0.25, -0.2) is 13.6 Å². The highest BCUT2D eigenvalue weighted by atomic mass is 19.1. The fourth-order valence-electron chi connectivity index (χ4n) is 3.08. The molecule has 0 spiro atoms. The SMILES string of the molecule is O=C(COC(=O)C1CCN(C(=O)Nc2ccccc2)CC1)Nc1cc(F)ccc1F. The molecule has 0 radical (unpaired) electrons. The van der Waals surface area contributed by atoms with E-state index in [9.17, 15) is 23.2 Å². The van der Waals surface area contributed by atoms with E-state index in [4.69, 9.17) is 4.74 Å². The third-order valence-corrected chi connectivity index (χ3v) is 4.69. The average molecular weight is 417 g/mol. The number of likely N-dealkylation sites (tertiary alicyclic amines) is 1. The average Bonchev–Trinajstić information content (AvgIpc) is 2.75. The highest BCUT2D eigenvalue weighted by Gasteiger charge is 2.28. The van der Waals surface area contributed by atoms with Crippen LogP contribution in [0, 0.1) is 17.6 Å². The maximum absolute atomic E-state index is 13.5. The molecule has 1 saturated heterocycles. The summed E-state index contributed by atoms with van der Waals surface area (Å²) in [6.07, 6.45) is 0.808. The predicted octanol–water partition coefficient (Wildman–Crippen LogP) is 3.39. The van der Waals surface area contributed by atoms with Crippen LogP contribution in [-0.4, -0.2) is 42.5 Å². The van der Waals surface area contributed by atoms with Gasteiger partial charge in [-0.3, -0.25) is 9.59 Å². The van der Waals surface area contributed by atoms with E-state index in [1.807, 2.05) is 18.2 Å². The van der Waals surface area contributed by atoms with E-state index in [1.165, 1.54) is 0 Å². The fraction of sp³-hybridized carbons (Fsp3) is 0.286. The number of carbonyl (C=O) groups excluding carboxylic acids is 3. The van der Waals surface area contributed by atoms with Crippen molar-refractivity contribution in [2.24, 2.45) is 5.92 Å². The first-order valence-corrected chi connectivity index (χ1v) is 9.45. The molecule has 158 valence electrons. The molecule has 9 heteroatoms. The van der Waals surface area contributed by atoms with Crippen molar-refractivity contribution >= 4 is 29.3 Å². The van der Waals surface area contributed by atoms with Crippen LogP contribution in [0.25, 0.3) is 0 Å². The molecule has 2 aromatic rings. The van der Waals surface area contributed by atoms with Crippen LogP contribution < -0.4 is 10.6 Å². The van der Waals surface area contributed by atoms with Crippen LogP contribution in [0.2, 0.25) is 0 Å². The summed E-state index contributed by atoms with van der Waals surface area (Å²) in [5, 5.41) is 4.95. The molecular formula is C21H21F2N3O4. The van der Waals surface area contributed by atoms with Crippen LogP contribution in [0.15, 0.2) is 48.5 Å². The lowest BCUT2D eigenvalue weighted by Crippen LogP contribution is -2.43. The van der Waals surface area contributed by atoms with Gasteiger partial charge in [0.25, 0.3) is 5.91 Å². The number of piperidine rings is 1. The van der Waals surface area contributed by atoms with Crippen molar-refractivity contribution in [1.29, 1.82) is 0 Å². The summed E-state index contributed by atoms with van der Waals surface area (Å²) >= 11 is 0. The minimum atomic E-state index is -0.794. The number of hydrogen-bond donors (Lipinski definition) is 2. The second-order valence-electron chi connectivity index (χ2n) is 6.84. The van der Waals surface area contributed by atoms with Crippen LogP contribution in [-0.2, 0) is 14.3 Å². The molecule has 0 aliphatic carbocycles. The highest BCUT2D eigenvalue weighted by Crippen LogP contribution is 2.20. The molecule has 0 atom stereocenters. The van der Waals surface area contributed by atoms with Gasteiger partial charge in [0.1, 0.15) is 11.6 Å². The van der Waals surface area contributed by atoms with Crippen molar-refractivity contribution in [2.45, 2.75) is 12.8 Å². The van der Waals surface area contributed by atoms with Gasteiger partial charge in [-0.1, -0.05) is 18.2 Å². The third-order valence-electron chi connectivity index (χ3n) is 4.69. The number of anilines is 2. The molecule has 0 bridgehead atoms. The first-order chi connectivity index (χ1) is 14.4. The maximum Gasteiger partial charge on any atom is 0.321 e. The monoisotopic (exact) mass is 417 g/mol. The number of para-hydroxylation sites is 1. The van der Waals surface area contributed by atoms with Crippen LogP contribution >= 0.6 is 0 Å². The minimum absolute atomic E-state index is 0.246. The largest absolute Gasteiger partial charge is 0.455 e. The summed E-state index contributed by atoms with van der Waals surface area (Å²) in [5.41, 5.74) is 0.360. The summed E-state index contributed by atoms with van der Waals surface area (Å²) < 4.78 is 31.7. The molecule has 0 aromatic heterocycles. The number of carbonyl (C=O) groups is 3. The van der Waals surface area contributed by atoms with Crippen LogP contribution in [0.5, 0.6) is 0 Å². The van der Waals surface area contributed by atoms with Crippen LogP contribution in [0.1, 0.15) is 12.8 Å². The van der Waals surface area contributed by atoms with Gasteiger partial charge < -0.3 is 20.3 Å². The summed E-state index contributed by atoms with van der Waals surface area (Å²) in [7, 11) is 0. The van der Waals surface area contributed by atoms with Crippen molar-refractivity contribution in [3.05, 3.63) is 60.2 Å². The van der Waals surface area contributed by atoms with Gasteiger partial charge in [0.15, 0.2) is 6.61 Å². The third kappa shape index (κ3) is 5.76. The van der Waals surface area contributed by atoms with Crippen molar-refractivity contribution in [3.8, 4) is 0 Å². The Morgan fingerprint density at radius 3 is 2.40 bits per heavy atom. The summed E-state index contributed by atoms with van der Waals surface area (Å²) in [4.78, 5) is 37.9. The van der Waals surface area contributed by atoms with Crippen molar-refractivity contribution < 1.29 is 27.9 Å². The Morgan fingerprint density at radius 2 is 1.70 bits per heavy atom. The standard InChI is InChI=1S/C21H21F2N3O4/c22-15-6-7-17(23)18(12-15)25-19(27)13-30-20(28)14-8-10-26(11-9-14)21(29)24-16-4-2-1-3-5-16/h1-7,12,14H,8-11,13H2,(H,24,29)(H,25,27). The summed E-state index contributed by atoms with van der Waals surface area (Å²) in [6, 6.07) is 11.5. The van der Waals surface area contributed by atoms with Crippen molar-refractivity contribution in [1.82, 2.24) is 4.90 Å². The van der Waals surface area contributed by atoms with E-state index < -0.39 is 36.0 Å². The summed E-state index contributed by atoms with van der Waals surface area (Å²) in [5.74, 6) is -3.27. The zero-order valence-electron chi connectivity index (χ0n) is 16.1. The lowest BCUT2D eigenvalue weighted by Gasteiger charge is -2.30. The zero-order valence-corrected chi connectivity index (χ0v) is 16.1. The minimum Gasteiger partial charge on any atom is -0.455 e. The number of benzene rings is 2. The van der Waals surface area contributed by atoms with Gasteiger partial charge in [-0.15, -0.1) is 0 Å². The molecule has 0 unspecified atom stereocenters. The quantitative estimate of drug-likeness (QED) is 0.730. The normalized spacial score (nSPS) is 14.1. The highest BCUT2D eigenvalue weighted by molar-refractivity contribution is 5.93. The van der Waals surface area contributed by atoms with E-state index in [1.54, 1.807) is 17.0 Å². The maximum atomic E-state index is 13.5. The van der Waals surface area contributed by atoms with E-state index in [-0.39, 0.29) is 11.7 Å². The van der Waals surface area contributed by atoms with E-state index in [0.717, 1.165) is 18.2 Å². The van der Waals surface area contributed by atoms with E-state index >= 15 is 0 Å². The lowest BCUT2D eigenvalue weighted by atomic mass is 9.97. The molecule has 2 N–H and O–H groups in total. The first-order valence-electron chi connectivity index (χ1n) is 9.45. The number of ether oxygens (including phenoxy) is 1. The molecule has 30 heavy (non-hydrogen) atoms. The Labute approximate surface area is 172 Å². The Hall–Kier alpha value is -3.49. The number of esters is 1. The Bertz CT molecular complexity index is 916. The smallest absolute Gasteiger partial charge is 0.321 e. The Kier molecular flexibility index (Phi) is 6.95. The number of halogens is 2. The fourth-order valence-corrected chi connectivity index (χ4v) is 3.08. The lowest BCUT2D eigenvalue weighted by molar-refractivity contribution is -0.152. The van der Waals surface area contributed by atoms with Gasteiger partial charge in [0, 0.05) is 24.8 Å². The molecular weight excluding hydrogens is 396 g/mol. The molecule has 2 aromatic carbocycles. The molecule has 7 nitrogen and oxygen atoms in total. The molecule has 1 aliphatic heterocycles. The summed E-state index contributed by atoms with van der Waals surface area (Å²) in [6.45, 7) is 0.141. The first kappa shape index (κ1) is 21.2. The second-order valence-corrected chi connectivity index (χ2v) is 6.84. The van der Waals surface area contributed by atoms with Crippen molar-refractivity contribution in [3.63, 3.8) is 0 Å². The van der Waals surface area contributed by atoms with Gasteiger partial charge in [-0.2, -0.15) is 0 Å². The zero-order chi connectivity index (χ0) is 21.5. The number of urea groups is 1. The Balaban J connectivity index is 1.41. The van der Waals surface area contributed by atoms with Gasteiger partial charge in [-0.05, 0) is 37.1 Å². The number of nitrogens with one attached hydrogen (secondary N) is 2. The van der Waals surface area contributed by atoms with Gasteiger partial charge >= 0.3 is 12.0 Å². The number of hydrogen-bond acceptors (Lipinski definition) is 4.